The third-order valence-corrected chi connectivity index (χ3v) is 4.62. The Morgan fingerprint density at radius 2 is 1.85 bits per heavy atom. The number of anilines is 1. The summed E-state index contributed by atoms with van der Waals surface area (Å²) in [5.74, 6) is -0.846. The van der Waals surface area contributed by atoms with Crippen LogP contribution in [0.1, 0.15) is 25.3 Å². The Balaban J connectivity index is 1.61. The van der Waals surface area contributed by atoms with Crippen LogP contribution in [-0.4, -0.2) is 31.2 Å². The summed E-state index contributed by atoms with van der Waals surface area (Å²) in [6.07, 6.45) is -0.831. The number of hydrogen-bond acceptors (Lipinski definition) is 3. The average molecular weight is 370 g/mol. The zero-order chi connectivity index (χ0) is 19.4. The largest absolute Gasteiger partial charge is 0.442 e. The second-order valence-corrected chi connectivity index (χ2v) is 6.97. The highest BCUT2D eigenvalue weighted by Gasteiger charge is 2.33. The number of para-hydroxylation sites is 1. The van der Waals surface area contributed by atoms with Gasteiger partial charge in [-0.15, -0.1) is 0 Å². The van der Waals surface area contributed by atoms with Crippen molar-refractivity contribution in [3.05, 3.63) is 66.0 Å². The Morgan fingerprint density at radius 1 is 1.19 bits per heavy atom. The van der Waals surface area contributed by atoms with E-state index in [1.165, 1.54) is 12.1 Å². The van der Waals surface area contributed by atoms with Crippen LogP contribution >= 0.6 is 0 Å². The van der Waals surface area contributed by atoms with Crippen molar-refractivity contribution in [2.45, 2.75) is 25.9 Å². The lowest BCUT2D eigenvalue weighted by molar-refractivity contribution is -0.123. The predicted molar refractivity (Wildman–Crippen MR) is 101 cm³/mol. The standard InChI is InChI=1S/C21H23FN2O3/c1-14(2)19(15-8-10-16(22)11-9-15)20(25)23-12-18-13-24(21(26)27-18)17-6-4-3-5-7-17/h3-11,14,18-19H,12-13H2,1-2H3,(H,23,25). The number of halogens is 1. The van der Waals surface area contributed by atoms with E-state index in [9.17, 15) is 14.0 Å². The molecule has 2 atom stereocenters. The highest BCUT2D eigenvalue weighted by molar-refractivity contribution is 5.90. The molecular weight excluding hydrogens is 347 g/mol. The molecule has 1 aliphatic rings. The molecule has 2 amide bonds. The molecule has 0 saturated carbocycles. The van der Waals surface area contributed by atoms with Crippen LogP contribution in [0.15, 0.2) is 54.6 Å². The topological polar surface area (TPSA) is 58.6 Å². The molecule has 2 unspecified atom stereocenters. The van der Waals surface area contributed by atoms with E-state index in [-0.39, 0.29) is 24.2 Å². The molecule has 6 heteroatoms. The van der Waals surface area contributed by atoms with Crippen molar-refractivity contribution >= 4 is 17.7 Å². The fraction of sp³-hybridized carbons (Fsp3) is 0.333. The van der Waals surface area contributed by atoms with Crippen LogP contribution in [0.25, 0.3) is 0 Å². The maximum absolute atomic E-state index is 13.2. The molecule has 2 aromatic carbocycles. The van der Waals surface area contributed by atoms with Gasteiger partial charge in [-0.3, -0.25) is 9.69 Å². The zero-order valence-corrected chi connectivity index (χ0v) is 15.4. The fourth-order valence-corrected chi connectivity index (χ4v) is 3.28. The van der Waals surface area contributed by atoms with Crippen LogP contribution < -0.4 is 10.2 Å². The number of ether oxygens (including phenoxy) is 1. The molecule has 27 heavy (non-hydrogen) atoms. The molecule has 1 saturated heterocycles. The summed E-state index contributed by atoms with van der Waals surface area (Å²) >= 11 is 0. The molecule has 1 fully saturated rings. The molecule has 1 N–H and O–H groups in total. The summed E-state index contributed by atoms with van der Waals surface area (Å²) in [6.45, 7) is 4.50. The van der Waals surface area contributed by atoms with Crippen LogP contribution in [0.3, 0.4) is 0 Å². The van der Waals surface area contributed by atoms with Crippen LogP contribution in [0, 0.1) is 11.7 Å². The van der Waals surface area contributed by atoms with E-state index in [0.717, 1.165) is 11.3 Å². The molecule has 0 spiro atoms. The summed E-state index contributed by atoms with van der Waals surface area (Å²) < 4.78 is 18.5. The van der Waals surface area contributed by atoms with Gasteiger partial charge in [-0.1, -0.05) is 44.2 Å². The first kappa shape index (κ1) is 18.9. The lowest BCUT2D eigenvalue weighted by Crippen LogP contribution is -2.38. The minimum Gasteiger partial charge on any atom is -0.442 e. The summed E-state index contributed by atoms with van der Waals surface area (Å²) in [5, 5.41) is 2.88. The first-order valence-corrected chi connectivity index (χ1v) is 9.02. The van der Waals surface area contributed by atoms with Crippen LogP contribution in [0.4, 0.5) is 14.9 Å². The van der Waals surface area contributed by atoms with Crippen molar-refractivity contribution in [2.24, 2.45) is 5.92 Å². The van der Waals surface area contributed by atoms with Gasteiger partial charge >= 0.3 is 6.09 Å². The number of rotatable bonds is 6. The third kappa shape index (κ3) is 4.45. The molecule has 1 aliphatic heterocycles. The van der Waals surface area contributed by atoms with Gasteiger partial charge in [0.05, 0.1) is 19.0 Å². The number of nitrogens with zero attached hydrogens (tertiary/aromatic N) is 1. The summed E-state index contributed by atoms with van der Waals surface area (Å²) in [7, 11) is 0. The monoisotopic (exact) mass is 370 g/mol. The summed E-state index contributed by atoms with van der Waals surface area (Å²) in [6, 6.07) is 15.2. The SMILES string of the molecule is CC(C)C(C(=O)NCC1CN(c2ccccc2)C(=O)O1)c1ccc(F)cc1. The molecule has 2 aromatic rings. The maximum Gasteiger partial charge on any atom is 0.414 e. The van der Waals surface area contributed by atoms with E-state index in [1.54, 1.807) is 17.0 Å². The Bertz CT molecular complexity index is 793. The van der Waals surface area contributed by atoms with Gasteiger partial charge in [-0.2, -0.15) is 0 Å². The van der Waals surface area contributed by atoms with Gasteiger partial charge in [0.25, 0.3) is 0 Å². The molecule has 0 aromatic heterocycles. The predicted octanol–water partition coefficient (Wildman–Crippen LogP) is 3.71. The summed E-state index contributed by atoms with van der Waals surface area (Å²) in [4.78, 5) is 26.3. The number of amides is 2. The lowest BCUT2D eigenvalue weighted by Gasteiger charge is -2.21. The van der Waals surface area contributed by atoms with E-state index in [0.29, 0.717) is 6.54 Å². The van der Waals surface area contributed by atoms with Gasteiger partial charge in [-0.05, 0) is 35.7 Å². The van der Waals surface area contributed by atoms with Gasteiger partial charge in [0.15, 0.2) is 0 Å². The van der Waals surface area contributed by atoms with Gasteiger partial charge in [0.1, 0.15) is 11.9 Å². The van der Waals surface area contributed by atoms with Gasteiger partial charge in [0.2, 0.25) is 5.91 Å². The Kier molecular flexibility index (Phi) is 5.74. The van der Waals surface area contributed by atoms with Crippen molar-refractivity contribution in [2.75, 3.05) is 18.0 Å². The van der Waals surface area contributed by atoms with Crippen LogP contribution in [0.2, 0.25) is 0 Å². The number of carbonyl (C=O) groups is 2. The highest BCUT2D eigenvalue weighted by atomic mass is 19.1. The highest BCUT2D eigenvalue weighted by Crippen LogP contribution is 2.25. The molecular formula is C21H23FN2O3. The minimum atomic E-state index is -0.417. The molecule has 3 rings (SSSR count). The fourth-order valence-electron chi connectivity index (χ4n) is 3.28. The van der Waals surface area contributed by atoms with Gasteiger partial charge in [-0.25, -0.2) is 9.18 Å². The Morgan fingerprint density at radius 3 is 2.48 bits per heavy atom. The van der Waals surface area contributed by atoms with E-state index in [1.807, 2.05) is 44.2 Å². The van der Waals surface area contributed by atoms with Crippen LogP contribution in [0.5, 0.6) is 0 Å². The smallest absolute Gasteiger partial charge is 0.414 e. The third-order valence-electron chi connectivity index (χ3n) is 4.62. The molecule has 0 aliphatic carbocycles. The van der Waals surface area contributed by atoms with Crippen molar-refractivity contribution in [3.8, 4) is 0 Å². The number of hydrogen-bond donors (Lipinski definition) is 1. The quantitative estimate of drug-likeness (QED) is 0.843. The molecule has 142 valence electrons. The average Bonchev–Trinajstić information content (AvgIpc) is 3.03. The van der Waals surface area contributed by atoms with Crippen molar-refractivity contribution < 1.29 is 18.7 Å². The second-order valence-electron chi connectivity index (χ2n) is 6.97. The molecule has 5 nitrogen and oxygen atoms in total. The number of carbonyl (C=O) groups excluding carboxylic acids is 2. The molecule has 1 heterocycles. The van der Waals surface area contributed by atoms with E-state index in [2.05, 4.69) is 5.32 Å². The van der Waals surface area contributed by atoms with Crippen molar-refractivity contribution in [1.29, 1.82) is 0 Å². The Labute approximate surface area is 158 Å². The van der Waals surface area contributed by atoms with Crippen molar-refractivity contribution in [3.63, 3.8) is 0 Å². The van der Waals surface area contributed by atoms with E-state index in [4.69, 9.17) is 4.74 Å². The molecule has 0 bridgehead atoms. The number of cyclic esters (lactones) is 1. The van der Waals surface area contributed by atoms with E-state index < -0.39 is 18.1 Å². The van der Waals surface area contributed by atoms with E-state index >= 15 is 0 Å². The van der Waals surface area contributed by atoms with Gasteiger partial charge in [0, 0.05) is 5.69 Å². The number of nitrogens with one attached hydrogen (secondary N) is 1. The normalized spacial score (nSPS) is 17.7. The minimum absolute atomic E-state index is 0.0439. The zero-order valence-electron chi connectivity index (χ0n) is 15.4. The first-order valence-electron chi connectivity index (χ1n) is 9.02. The maximum atomic E-state index is 13.2. The van der Waals surface area contributed by atoms with Crippen molar-refractivity contribution in [1.82, 2.24) is 5.32 Å². The summed E-state index contributed by atoms with van der Waals surface area (Å²) in [5.41, 5.74) is 1.53. The molecule has 0 radical (unpaired) electrons. The lowest BCUT2D eigenvalue weighted by atomic mass is 9.87. The first-order chi connectivity index (χ1) is 13.0. The van der Waals surface area contributed by atoms with Crippen LogP contribution in [-0.2, 0) is 9.53 Å². The second kappa shape index (κ2) is 8.20. The number of benzene rings is 2. The van der Waals surface area contributed by atoms with Gasteiger partial charge < -0.3 is 10.1 Å². The Hall–Kier alpha value is -2.89.